The molecule has 0 radical (unpaired) electrons. The molecule has 1 aromatic rings. The average Bonchev–Trinajstić information content (AvgIpc) is 2.69. The lowest BCUT2D eigenvalue weighted by molar-refractivity contribution is -0.0122. The Hall–Kier alpha value is -1.21. The molecule has 132 valence electrons. The van der Waals surface area contributed by atoms with Crippen molar-refractivity contribution in [1.82, 2.24) is 10.2 Å². The second-order valence-electron chi connectivity index (χ2n) is 7.45. The van der Waals surface area contributed by atoms with E-state index in [2.05, 4.69) is 21.2 Å². The molecule has 0 spiro atoms. The summed E-state index contributed by atoms with van der Waals surface area (Å²) in [6.45, 7) is 6.38. The van der Waals surface area contributed by atoms with Crippen molar-refractivity contribution >= 4 is 22.0 Å². The first-order chi connectivity index (χ1) is 11.1. The summed E-state index contributed by atoms with van der Waals surface area (Å²) in [5.41, 5.74) is -1.37. The van der Waals surface area contributed by atoms with Gasteiger partial charge in [-0.05, 0) is 61.7 Å². The van der Waals surface area contributed by atoms with Crippen LogP contribution in [0.4, 0.5) is 13.6 Å². The van der Waals surface area contributed by atoms with E-state index in [1.54, 1.807) is 25.7 Å². The Morgan fingerprint density at radius 2 is 2.08 bits per heavy atom. The van der Waals surface area contributed by atoms with Gasteiger partial charge in [0.25, 0.3) is 0 Å². The van der Waals surface area contributed by atoms with Crippen LogP contribution in [-0.2, 0) is 10.3 Å². The maximum absolute atomic E-state index is 14.6. The highest BCUT2D eigenvalue weighted by Gasteiger charge is 2.54. The maximum Gasteiger partial charge on any atom is 0.411 e. The van der Waals surface area contributed by atoms with Gasteiger partial charge in [0.15, 0.2) is 0 Å². The summed E-state index contributed by atoms with van der Waals surface area (Å²) in [5, 5.41) is 3.24. The summed E-state index contributed by atoms with van der Waals surface area (Å²) < 4.78 is 34.3. The third-order valence-electron chi connectivity index (χ3n) is 4.62. The van der Waals surface area contributed by atoms with Gasteiger partial charge in [0.1, 0.15) is 17.2 Å². The van der Waals surface area contributed by atoms with E-state index >= 15 is 0 Å². The van der Waals surface area contributed by atoms with Crippen LogP contribution in [0.3, 0.4) is 0 Å². The van der Waals surface area contributed by atoms with Crippen molar-refractivity contribution in [2.24, 2.45) is 0 Å². The van der Waals surface area contributed by atoms with E-state index in [0.29, 0.717) is 19.5 Å². The lowest BCUT2D eigenvalue weighted by Crippen LogP contribution is -2.61. The van der Waals surface area contributed by atoms with Crippen molar-refractivity contribution in [3.05, 3.63) is 33.8 Å². The van der Waals surface area contributed by atoms with Crippen molar-refractivity contribution in [2.75, 3.05) is 13.1 Å². The molecular formula is C17H21BrF2N2O2. The molecule has 2 aliphatic rings. The highest BCUT2D eigenvalue weighted by Crippen LogP contribution is 2.46. The van der Waals surface area contributed by atoms with Crippen LogP contribution < -0.4 is 5.32 Å². The van der Waals surface area contributed by atoms with Crippen LogP contribution in [0.15, 0.2) is 16.6 Å². The van der Waals surface area contributed by atoms with Crippen LogP contribution in [0.1, 0.15) is 39.2 Å². The minimum atomic E-state index is -0.920. The number of nitrogens with zero attached hydrogens (tertiary/aromatic N) is 1. The quantitative estimate of drug-likeness (QED) is 0.723. The van der Waals surface area contributed by atoms with Crippen LogP contribution >= 0.6 is 15.9 Å². The molecule has 0 aromatic heterocycles. The fraction of sp³-hybridized carbons (Fsp3) is 0.588. The van der Waals surface area contributed by atoms with Crippen molar-refractivity contribution in [1.29, 1.82) is 0 Å². The minimum Gasteiger partial charge on any atom is -0.444 e. The zero-order chi connectivity index (χ0) is 17.7. The van der Waals surface area contributed by atoms with Crippen LogP contribution in [0.5, 0.6) is 0 Å². The lowest BCUT2D eigenvalue weighted by atomic mass is 9.86. The largest absolute Gasteiger partial charge is 0.444 e. The number of halogens is 3. The van der Waals surface area contributed by atoms with E-state index in [1.165, 1.54) is 6.07 Å². The zero-order valence-electron chi connectivity index (χ0n) is 14.0. The van der Waals surface area contributed by atoms with E-state index in [0.717, 1.165) is 12.5 Å². The first-order valence-corrected chi connectivity index (χ1v) is 8.81. The van der Waals surface area contributed by atoms with Crippen LogP contribution in [0.2, 0.25) is 0 Å². The standard InChI is InChI=1S/C17H21BrF2N2O2/c1-16(2,3)24-15(23)22-10-4-5-17(22,9-21-8-10)11-6-14(20)12(18)7-13(11)19/h6-7,10,21H,4-5,8-9H2,1-3H3. The number of benzene rings is 1. The zero-order valence-corrected chi connectivity index (χ0v) is 15.5. The maximum atomic E-state index is 14.6. The van der Waals surface area contributed by atoms with Gasteiger partial charge in [-0.25, -0.2) is 13.6 Å². The Bertz CT molecular complexity index is 673. The summed E-state index contributed by atoms with van der Waals surface area (Å²) in [6.07, 6.45) is 0.819. The third-order valence-corrected chi connectivity index (χ3v) is 5.22. The number of amides is 1. The number of hydrogen-bond donors (Lipinski definition) is 1. The van der Waals surface area contributed by atoms with Crippen molar-refractivity contribution in [2.45, 2.75) is 50.8 Å². The average molecular weight is 403 g/mol. The van der Waals surface area contributed by atoms with Crippen molar-refractivity contribution in [3.63, 3.8) is 0 Å². The van der Waals surface area contributed by atoms with Crippen LogP contribution in [0.25, 0.3) is 0 Å². The van der Waals surface area contributed by atoms with E-state index in [4.69, 9.17) is 4.74 Å². The van der Waals surface area contributed by atoms with Gasteiger partial charge in [0.05, 0.1) is 10.0 Å². The van der Waals surface area contributed by atoms with Gasteiger partial charge in [-0.3, -0.25) is 4.90 Å². The number of ether oxygens (including phenoxy) is 1. The summed E-state index contributed by atoms with van der Waals surface area (Å²) in [6, 6.07) is 2.22. The Kier molecular flexibility index (Phi) is 4.36. The van der Waals surface area contributed by atoms with Gasteiger partial charge in [-0.2, -0.15) is 0 Å². The van der Waals surface area contributed by atoms with Gasteiger partial charge in [-0.15, -0.1) is 0 Å². The SMILES string of the molecule is CC(C)(C)OC(=O)N1C2CCC1(c1cc(F)c(Br)cc1F)CNC2. The molecule has 1 amide bonds. The summed E-state index contributed by atoms with van der Waals surface area (Å²) in [7, 11) is 0. The fourth-order valence-corrected chi connectivity index (χ4v) is 4.01. The first kappa shape index (κ1) is 17.6. The predicted octanol–water partition coefficient (Wildman–Crippen LogP) is 3.93. The normalized spacial score (nSPS) is 26.6. The van der Waals surface area contributed by atoms with E-state index in [9.17, 15) is 13.6 Å². The molecule has 1 N–H and O–H groups in total. The van der Waals surface area contributed by atoms with Crippen LogP contribution in [0, 0.1) is 11.6 Å². The monoisotopic (exact) mass is 402 g/mol. The molecule has 4 nitrogen and oxygen atoms in total. The minimum absolute atomic E-state index is 0.0716. The molecule has 2 aliphatic heterocycles. The lowest BCUT2D eigenvalue weighted by Gasteiger charge is -2.45. The molecule has 1 aromatic carbocycles. The smallest absolute Gasteiger partial charge is 0.411 e. The molecule has 2 atom stereocenters. The van der Waals surface area contributed by atoms with Crippen molar-refractivity contribution < 1.29 is 18.3 Å². The second-order valence-corrected chi connectivity index (χ2v) is 8.31. The predicted molar refractivity (Wildman–Crippen MR) is 89.7 cm³/mol. The summed E-state index contributed by atoms with van der Waals surface area (Å²) in [4.78, 5) is 14.4. The first-order valence-electron chi connectivity index (χ1n) is 8.02. The van der Waals surface area contributed by atoms with E-state index < -0.39 is 28.9 Å². The molecule has 2 fully saturated rings. The number of carbonyl (C=O) groups is 1. The molecule has 0 saturated carbocycles. The Labute approximate surface area is 148 Å². The van der Waals surface area contributed by atoms with Crippen LogP contribution in [-0.4, -0.2) is 35.7 Å². The Balaban J connectivity index is 2.06. The molecule has 2 bridgehead atoms. The number of rotatable bonds is 1. The van der Waals surface area contributed by atoms with Crippen molar-refractivity contribution in [3.8, 4) is 0 Å². The Morgan fingerprint density at radius 1 is 1.38 bits per heavy atom. The van der Waals surface area contributed by atoms with Gasteiger partial charge < -0.3 is 10.1 Å². The fourth-order valence-electron chi connectivity index (χ4n) is 3.69. The number of nitrogens with one attached hydrogen (secondary N) is 1. The van der Waals surface area contributed by atoms with E-state index in [-0.39, 0.29) is 16.1 Å². The number of hydrogen-bond acceptors (Lipinski definition) is 3. The molecular weight excluding hydrogens is 382 g/mol. The third kappa shape index (κ3) is 2.92. The molecule has 2 unspecified atom stereocenters. The molecule has 2 saturated heterocycles. The number of piperazine rings is 1. The second kappa shape index (κ2) is 5.95. The number of fused-ring (bicyclic) bond motifs is 2. The highest BCUT2D eigenvalue weighted by atomic mass is 79.9. The molecule has 0 aliphatic carbocycles. The molecule has 2 heterocycles. The molecule has 3 rings (SSSR count). The summed E-state index contributed by atoms with van der Waals surface area (Å²) in [5.74, 6) is -1.07. The number of carbonyl (C=O) groups excluding carboxylic acids is 1. The van der Waals surface area contributed by atoms with E-state index in [1.807, 2.05) is 0 Å². The summed E-state index contributed by atoms with van der Waals surface area (Å²) >= 11 is 3.00. The topological polar surface area (TPSA) is 41.6 Å². The molecule has 24 heavy (non-hydrogen) atoms. The highest BCUT2D eigenvalue weighted by molar-refractivity contribution is 9.10. The Morgan fingerprint density at radius 3 is 2.75 bits per heavy atom. The van der Waals surface area contributed by atoms with Gasteiger partial charge >= 0.3 is 6.09 Å². The molecule has 7 heteroatoms. The van der Waals surface area contributed by atoms with Gasteiger partial charge in [-0.1, -0.05) is 0 Å². The van der Waals surface area contributed by atoms with Gasteiger partial charge in [0.2, 0.25) is 0 Å². The van der Waals surface area contributed by atoms with Gasteiger partial charge in [0, 0.05) is 24.7 Å².